The van der Waals surface area contributed by atoms with Crippen molar-refractivity contribution in [2.75, 3.05) is 11.9 Å². The van der Waals surface area contributed by atoms with Gasteiger partial charge in [0.25, 0.3) is 0 Å². The van der Waals surface area contributed by atoms with E-state index < -0.39 is 15.9 Å². The fourth-order valence-electron chi connectivity index (χ4n) is 2.81. The average molecular weight is 508 g/mol. The molecule has 156 valence electrons. The molecule has 0 bridgehead atoms. The van der Waals surface area contributed by atoms with Crippen molar-refractivity contribution in [1.82, 2.24) is 4.31 Å². The zero-order chi connectivity index (χ0) is 21.7. The Balaban J connectivity index is 1.91. The first-order chi connectivity index (χ1) is 14.3. The average Bonchev–Trinajstić information content (AvgIpc) is 2.71. The van der Waals surface area contributed by atoms with E-state index in [9.17, 15) is 13.2 Å². The van der Waals surface area contributed by atoms with Gasteiger partial charge in [-0.25, -0.2) is 8.42 Å². The fourth-order valence-corrected chi connectivity index (χ4v) is 4.77. The molecule has 0 fully saturated rings. The number of halogens is 2. The van der Waals surface area contributed by atoms with Gasteiger partial charge in [-0.15, -0.1) is 0 Å². The summed E-state index contributed by atoms with van der Waals surface area (Å²) in [5, 5.41) is 3.19. The molecule has 0 aliphatic carbocycles. The zero-order valence-electron chi connectivity index (χ0n) is 16.2. The van der Waals surface area contributed by atoms with Crippen LogP contribution in [0.15, 0.2) is 82.2 Å². The molecule has 0 spiro atoms. The predicted molar refractivity (Wildman–Crippen MR) is 123 cm³/mol. The molecule has 5 nitrogen and oxygen atoms in total. The molecule has 3 aromatic rings. The number of hydrogen-bond acceptors (Lipinski definition) is 3. The van der Waals surface area contributed by atoms with Crippen LogP contribution in [0, 0.1) is 6.92 Å². The van der Waals surface area contributed by atoms with Crippen LogP contribution in [0.2, 0.25) is 5.02 Å². The summed E-state index contributed by atoms with van der Waals surface area (Å²) >= 11 is 9.62. The molecule has 0 heterocycles. The molecule has 30 heavy (non-hydrogen) atoms. The lowest BCUT2D eigenvalue weighted by atomic mass is 10.2. The summed E-state index contributed by atoms with van der Waals surface area (Å²) in [6.07, 6.45) is 0. The number of anilines is 1. The minimum Gasteiger partial charge on any atom is -0.324 e. The Morgan fingerprint density at radius 2 is 1.63 bits per heavy atom. The molecule has 8 heteroatoms. The minimum atomic E-state index is -3.93. The van der Waals surface area contributed by atoms with Gasteiger partial charge in [-0.3, -0.25) is 4.79 Å². The summed E-state index contributed by atoms with van der Waals surface area (Å²) in [5.41, 5.74) is 2.12. The van der Waals surface area contributed by atoms with E-state index in [1.807, 2.05) is 13.0 Å². The van der Waals surface area contributed by atoms with Crippen LogP contribution in [0.3, 0.4) is 0 Å². The Bertz CT molecular complexity index is 1150. The van der Waals surface area contributed by atoms with E-state index in [1.54, 1.807) is 54.6 Å². The summed E-state index contributed by atoms with van der Waals surface area (Å²) in [7, 11) is -3.93. The molecule has 0 unspecified atom stereocenters. The summed E-state index contributed by atoms with van der Waals surface area (Å²) in [6.45, 7) is 1.49. The number of nitrogens with zero attached hydrogens (tertiary/aromatic N) is 1. The Morgan fingerprint density at radius 3 is 2.30 bits per heavy atom. The SMILES string of the molecule is Cc1ccc(S(=O)(=O)N(CC(=O)Nc2ccccc2Br)Cc2ccccc2Cl)cc1. The molecule has 0 radical (unpaired) electrons. The predicted octanol–water partition coefficient (Wildman–Crippen LogP) is 5.24. The van der Waals surface area contributed by atoms with E-state index >= 15 is 0 Å². The van der Waals surface area contributed by atoms with Gasteiger partial charge >= 0.3 is 0 Å². The highest BCUT2D eigenvalue weighted by molar-refractivity contribution is 9.10. The third-order valence-electron chi connectivity index (χ3n) is 4.43. The van der Waals surface area contributed by atoms with Crippen LogP contribution >= 0.6 is 27.5 Å². The molecular formula is C22H20BrClN2O3S. The number of para-hydroxylation sites is 1. The van der Waals surface area contributed by atoms with Crippen LogP contribution in [0.25, 0.3) is 0 Å². The van der Waals surface area contributed by atoms with E-state index in [-0.39, 0.29) is 18.0 Å². The van der Waals surface area contributed by atoms with Gasteiger partial charge in [0.05, 0.1) is 17.1 Å². The number of nitrogens with one attached hydrogen (secondary N) is 1. The number of aryl methyl sites for hydroxylation is 1. The number of hydrogen-bond donors (Lipinski definition) is 1. The summed E-state index contributed by atoms with van der Waals surface area (Å²) in [6, 6.07) is 20.6. The minimum absolute atomic E-state index is 0.0285. The van der Waals surface area contributed by atoms with Gasteiger partial charge < -0.3 is 5.32 Å². The lowest BCUT2D eigenvalue weighted by molar-refractivity contribution is -0.116. The van der Waals surface area contributed by atoms with Gasteiger partial charge in [0.1, 0.15) is 0 Å². The van der Waals surface area contributed by atoms with Crippen LogP contribution in [0.1, 0.15) is 11.1 Å². The lowest BCUT2D eigenvalue weighted by Gasteiger charge is -2.22. The number of carbonyl (C=O) groups is 1. The van der Waals surface area contributed by atoms with E-state index in [1.165, 1.54) is 12.1 Å². The topological polar surface area (TPSA) is 66.5 Å². The standard InChI is InChI=1S/C22H20BrClN2O3S/c1-16-10-12-18(13-11-16)30(28,29)26(14-17-6-2-4-8-20(17)24)15-22(27)25-21-9-5-3-7-19(21)23/h2-13H,14-15H2,1H3,(H,25,27). The summed E-state index contributed by atoms with van der Waals surface area (Å²) in [5.74, 6) is -0.454. The van der Waals surface area contributed by atoms with Crippen molar-refractivity contribution in [3.05, 3.63) is 93.4 Å². The van der Waals surface area contributed by atoms with Crippen molar-refractivity contribution in [3.8, 4) is 0 Å². The lowest BCUT2D eigenvalue weighted by Crippen LogP contribution is -2.37. The molecule has 1 N–H and O–H groups in total. The highest BCUT2D eigenvalue weighted by Crippen LogP contribution is 2.24. The van der Waals surface area contributed by atoms with Crippen molar-refractivity contribution in [1.29, 1.82) is 0 Å². The molecular weight excluding hydrogens is 488 g/mol. The maximum Gasteiger partial charge on any atom is 0.243 e. The van der Waals surface area contributed by atoms with Crippen molar-refractivity contribution >= 4 is 49.1 Å². The van der Waals surface area contributed by atoms with Crippen molar-refractivity contribution in [2.24, 2.45) is 0 Å². The molecule has 0 aromatic heterocycles. The van der Waals surface area contributed by atoms with Crippen LogP contribution in [-0.2, 0) is 21.4 Å². The molecule has 0 saturated carbocycles. The molecule has 3 rings (SSSR count). The maximum absolute atomic E-state index is 13.3. The maximum atomic E-state index is 13.3. The van der Waals surface area contributed by atoms with Crippen LogP contribution in [-0.4, -0.2) is 25.2 Å². The number of amides is 1. The third-order valence-corrected chi connectivity index (χ3v) is 7.30. The highest BCUT2D eigenvalue weighted by atomic mass is 79.9. The Morgan fingerprint density at radius 1 is 1.00 bits per heavy atom. The number of rotatable bonds is 7. The van der Waals surface area contributed by atoms with Gasteiger partial charge in [-0.05, 0) is 58.7 Å². The van der Waals surface area contributed by atoms with Crippen LogP contribution < -0.4 is 5.32 Å². The number of sulfonamides is 1. The first-order valence-corrected chi connectivity index (χ1v) is 11.7. The zero-order valence-corrected chi connectivity index (χ0v) is 19.3. The van der Waals surface area contributed by atoms with Gasteiger partial charge in [0.2, 0.25) is 15.9 Å². The van der Waals surface area contributed by atoms with Crippen LogP contribution in [0.5, 0.6) is 0 Å². The smallest absolute Gasteiger partial charge is 0.243 e. The molecule has 0 saturated heterocycles. The second-order valence-corrected chi connectivity index (χ2v) is 9.91. The van der Waals surface area contributed by atoms with E-state index in [0.717, 1.165) is 9.87 Å². The van der Waals surface area contributed by atoms with E-state index in [4.69, 9.17) is 11.6 Å². The molecule has 1 amide bonds. The van der Waals surface area contributed by atoms with E-state index in [0.29, 0.717) is 20.7 Å². The first-order valence-electron chi connectivity index (χ1n) is 9.12. The number of carbonyl (C=O) groups excluding carboxylic acids is 1. The van der Waals surface area contributed by atoms with Gasteiger partial charge in [-0.2, -0.15) is 4.31 Å². The molecule has 0 atom stereocenters. The van der Waals surface area contributed by atoms with Crippen molar-refractivity contribution in [3.63, 3.8) is 0 Å². The largest absolute Gasteiger partial charge is 0.324 e. The third kappa shape index (κ3) is 5.49. The number of benzene rings is 3. The second-order valence-electron chi connectivity index (χ2n) is 6.71. The van der Waals surface area contributed by atoms with Crippen LogP contribution in [0.4, 0.5) is 5.69 Å². The Kier molecular flexibility index (Phi) is 7.31. The van der Waals surface area contributed by atoms with Gasteiger partial charge in [0.15, 0.2) is 0 Å². The van der Waals surface area contributed by atoms with E-state index in [2.05, 4.69) is 21.2 Å². The summed E-state index contributed by atoms with van der Waals surface area (Å²) < 4.78 is 28.5. The molecule has 0 aliphatic heterocycles. The van der Waals surface area contributed by atoms with Gasteiger partial charge in [0, 0.05) is 16.0 Å². The summed E-state index contributed by atoms with van der Waals surface area (Å²) in [4.78, 5) is 12.8. The molecule has 3 aromatic carbocycles. The van der Waals surface area contributed by atoms with Crippen molar-refractivity contribution in [2.45, 2.75) is 18.4 Å². The fraction of sp³-hybridized carbons (Fsp3) is 0.136. The van der Waals surface area contributed by atoms with Crippen molar-refractivity contribution < 1.29 is 13.2 Å². The molecule has 0 aliphatic rings. The monoisotopic (exact) mass is 506 g/mol. The quantitative estimate of drug-likeness (QED) is 0.475. The highest BCUT2D eigenvalue weighted by Gasteiger charge is 2.27. The Labute approximate surface area is 189 Å². The normalized spacial score (nSPS) is 11.5. The van der Waals surface area contributed by atoms with Gasteiger partial charge in [-0.1, -0.05) is 59.6 Å². The Hall–Kier alpha value is -2.19. The second kappa shape index (κ2) is 9.75. The first kappa shape index (κ1) is 22.5.